The topological polar surface area (TPSA) is 110 Å². The number of carboxylic acids is 1. The molecule has 0 amide bonds. The molecule has 0 aliphatic carbocycles. The Kier molecular flexibility index (Phi) is 8.11. The number of benzene rings is 1. The van der Waals surface area contributed by atoms with E-state index in [9.17, 15) is 18.0 Å². The minimum absolute atomic E-state index is 0.0208. The molecule has 0 aliphatic heterocycles. The van der Waals surface area contributed by atoms with Crippen LogP contribution in [0.25, 0.3) is 0 Å². The Bertz CT molecular complexity index is 759. The predicted molar refractivity (Wildman–Crippen MR) is 91.2 cm³/mol. The standard InChI is InChI=1S/C17H21NO6S/c1-13(17(20)21)18-25(22,23)16-10-8-15(9-11-16)7-5-3-4-6-12-24-14(2)19/h8-11,13,18H,3-4,6,12H2,1-2H3,(H,20,21)/t13-/m1/s1. The van der Waals surface area contributed by atoms with Crippen molar-refractivity contribution < 1.29 is 27.9 Å². The number of sulfonamides is 1. The van der Waals surface area contributed by atoms with Crippen LogP contribution in [-0.4, -0.2) is 38.1 Å². The summed E-state index contributed by atoms with van der Waals surface area (Å²) in [6.45, 7) is 2.99. The molecule has 0 saturated heterocycles. The second-order valence-electron chi connectivity index (χ2n) is 5.30. The third-order valence-corrected chi connectivity index (χ3v) is 4.66. The first-order chi connectivity index (χ1) is 11.7. The van der Waals surface area contributed by atoms with Crippen molar-refractivity contribution >= 4 is 22.0 Å². The van der Waals surface area contributed by atoms with Gasteiger partial charge in [-0.05, 0) is 44.0 Å². The molecule has 8 heteroatoms. The number of ether oxygens (including phenoxy) is 1. The molecular formula is C17H21NO6S. The van der Waals surface area contributed by atoms with E-state index in [4.69, 9.17) is 9.84 Å². The van der Waals surface area contributed by atoms with Gasteiger partial charge in [0.1, 0.15) is 6.04 Å². The molecule has 25 heavy (non-hydrogen) atoms. The molecule has 0 aromatic heterocycles. The van der Waals surface area contributed by atoms with Crippen molar-refractivity contribution in [2.75, 3.05) is 6.61 Å². The summed E-state index contributed by atoms with van der Waals surface area (Å²) < 4.78 is 30.9. The molecule has 0 saturated carbocycles. The number of unbranched alkanes of at least 4 members (excludes halogenated alkanes) is 2. The van der Waals surface area contributed by atoms with Gasteiger partial charge in [0.15, 0.2) is 0 Å². The minimum atomic E-state index is -3.88. The van der Waals surface area contributed by atoms with Gasteiger partial charge >= 0.3 is 11.9 Å². The van der Waals surface area contributed by atoms with Crippen LogP contribution in [0, 0.1) is 11.8 Å². The Morgan fingerprint density at radius 1 is 1.24 bits per heavy atom. The van der Waals surface area contributed by atoms with E-state index in [-0.39, 0.29) is 10.9 Å². The zero-order valence-electron chi connectivity index (χ0n) is 14.1. The van der Waals surface area contributed by atoms with Gasteiger partial charge in [0.05, 0.1) is 11.5 Å². The number of aliphatic carboxylic acids is 1. The fourth-order valence-corrected chi connectivity index (χ4v) is 2.96. The van der Waals surface area contributed by atoms with Crippen LogP contribution in [0.5, 0.6) is 0 Å². The van der Waals surface area contributed by atoms with E-state index in [2.05, 4.69) is 16.6 Å². The van der Waals surface area contributed by atoms with E-state index in [0.29, 0.717) is 18.6 Å². The minimum Gasteiger partial charge on any atom is -0.480 e. The van der Waals surface area contributed by atoms with Crippen molar-refractivity contribution in [2.45, 2.75) is 44.0 Å². The van der Waals surface area contributed by atoms with Gasteiger partial charge in [-0.3, -0.25) is 9.59 Å². The molecular weight excluding hydrogens is 346 g/mol. The Morgan fingerprint density at radius 3 is 2.44 bits per heavy atom. The van der Waals surface area contributed by atoms with Gasteiger partial charge in [-0.1, -0.05) is 11.8 Å². The van der Waals surface area contributed by atoms with E-state index in [1.807, 2.05) is 0 Å². The number of esters is 1. The van der Waals surface area contributed by atoms with Crippen LogP contribution in [0.3, 0.4) is 0 Å². The van der Waals surface area contributed by atoms with Crippen LogP contribution < -0.4 is 4.72 Å². The molecule has 1 aromatic carbocycles. The molecule has 0 fully saturated rings. The third kappa shape index (κ3) is 7.83. The lowest BCUT2D eigenvalue weighted by Crippen LogP contribution is -2.38. The lowest BCUT2D eigenvalue weighted by atomic mass is 10.2. The predicted octanol–water partition coefficient (Wildman–Crippen LogP) is 1.52. The molecule has 0 bridgehead atoms. The van der Waals surface area contributed by atoms with E-state index < -0.39 is 22.0 Å². The van der Waals surface area contributed by atoms with E-state index >= 15 is 0 Å². The number of hydrogen-bond donors (Lipinski definition) is 2. The van der Waals surface area contributed by atoms with Gasteiger partial charge in [-0.25, -0.2) is 8.42 Å². The largest absolute Gasteiger partial charge is 0.480 e. The molecule has 136 valence electrons. The first-order valence-electron chi connectivity index (χ1n) is 7.70. The van der Waals surface area contributed by atoms with E-state index in [1.165, 1.54) is 26.0 Å². The fourth-order valence-electron chi connectivity index (χ4n) is 1.76. The second-order valence-corrected chi connectivity index (χ2v) is 7.02. The lowest BCUT2D eigenvalue weighted by Gasteiger charge is -2.10. The molecule has 0 spiro atoms. The monoisotopic (exact) mass is 367 g/mol. The normalized spacial score (nSPS) is 11.9. The van der Waals surface area contributed by atoms with Crippen molar-refractivity contribution in [1.29, 1.82) is 0 Å². The SMILES string of the molecule is CC(=O)OCCCCC#Cc1ccc(S(=O)(=O)N[C@H](C)C(=O)O)cc1. The molecule has 0 heterocycles. The van der Waals surface area contributed by atoms with Crippen LogP contribution in [-0.2, 0) is 24.3 Å². The molecule has 0 radical (unpaired) electrons. The van der Waals surface area contributed by atoms with Crippen molar-refractivity contribution in [3.63, 3.8) is 0 Å². The van der Waals surface area contributed by atoms with Gasteiger partial charge in [0.2, 0.25) is 10.0 Å². The summed E-state index contributed by atoms with van der Waals surface area (Å²) in [5, 5.41) is 8.77. The van der Waals surface area contributed by atoms with Gasteiger partial charge in [-0.2, -0.15) is 4.72 Å². The van der Waals surface area contributed by atoms with Crippen LogP contribution in [0.2, 0.25) is 0 Å². The second kappa shape index (κ2) is 9.81. The molecule has 1 rings (SSSR count). The highest BCUT2D eigenvalue weighted by atomic mass is 32.2. The average Bonchev–Trinajstić information content (AvgIpc) is 2.53. The first-order valence-corrected chi connectivity index (χ1v) is 9.18. The van der Waals surface area contributed by atoms with E-state index in [1.54, 1.807) is 12.1 Å². The van der Waals surface area contributed by atoms with Gasteiger partial charge in [0, 0.05) is 18.9 Å². The summed E-state index contributed by atoms with van der Waals surface area (Å²) in [4.78, 5) is 21.3. The Hall–Kier alpha value is -2.37. The van der Waals surface area contributed by atoms with Crippen LogP contribution >= 0.6 is 0 Å². The van der Waals surface area contributed by atoms with Gasteiger partial charge in [0.25, 0.3) is 0 Å². The molecule has 1 atom stereocenters. The first kappa shape index (κ1) is 20.7. The number of nitrogens with one attached hydrogen (secondary N) is 1. The Morgan fingerprint density at radius 2 is 1.88 bits per heavy atom. The van der Waals surface area contributed by atoms with Crippen molar-refractivity contribution in [1.82, 2.24) is 4.72 Å². The summed E-state index contributed by atoms with van der Waals surface area (Å²) in [6.07, 6.45) is 2.17. The molecule has 0 aliphatic rings. The number of carbonyl (C=O) groups is 2. The highest BCUT2D eigenvalue weighted by molar-refractivity contribution is 7.89. The average molecular weight is 367 g/mol. The van der Waals surface area contributed by atoms with Crippen molar-refractivity contribution in [2.24, 2.45) is 0 Å². The Balaban J connectivity index is 2.55. The number of carboxylic acid groups (broad SMARTS) is 1. The molecule has 2 N–H and O–H groups in total. The summed E-state index contributed by atoms with van der Waals surface area (Å²) in [5.41, 5.74) is 0.658. The maximum atomic E-state index is 12.0. The molecule has 1 aromatic rings. The van der Waals surface area contributed by atoms with Gasteiger partial charge < -0.3 is 9.84 Å². The zero-order valence-corrected chi connectivity index (χ0v) is 14.9. The smallest absolute Gasteiger partial charge is 0.321 e. The third-order valence-electron chi connectivity index (χ3n) is 3.10. The van der Waals surface area contributed by atoms with E-state index in [0.717, 1.165) is 12.8 Å². The van der Waals surface area contributed by atoms with Crippen LogP contribution in [0.15, 0.2) is 29.2 Å². The lowest BCUT2D eigenvalue weighted by molar-refractivity contribution is -0.141. The molecule has 7 nitrogen and oxygen atoms in total. The highest BCUT2D eigenvalue weighted by Crippen LogP contribution is 2.11. The summed E-state index contributed by atoms with van der Waals surface area (Å²) in [6, 6.07) is 4.66. The summed E-state index contributed by atoms with van der Waals surface area (Å²) in [5.74, 6) is 4.33. The zero-order chi connectivity index (χ0) is 18.9. The van der Waals surface area contributed by atoms with Crippen LogP contribution in [0.1, 0.15) is 38.7 Å². The molecule has 0 unspecified atom stereocenters. The number of carbonyl (C=O) groups excluding carboxylic acids is 1. The van der Waals surface area contributed by atoms with Crippen molar-refractivity contribution in [3.8, 4) is 11.8 Å². The number of rotatable bonds is 8. The summed E-state index contributed by atoms with van der Waals surface area (Å²) >= 11 is 0. The van der Waals surface area contributed by atoms with Gasteiger partial charge in [-0.15, -0.1) is 0 Å². The highest BCUT2D eigenvalue weighted by Gasteiger charge is 2.21. The summed E-state index contributed by atoms with van der Waals surface area (Å²) in [7, 11) is -3.88. The number of hydrogen-bond acceptors (Lipinski definition) is 5. The maximum absolute atomic E-state index is 12.0. The fraction of sp³-hybridized carbons (Fsp3) is 0.412. The van der Waals surface area contributed by atoms with Crippen molar-refractivity contribution in [3.05, 3.63) is 29.8 Å². The maximum Gasteiger partial charge on any atom is 0.321 e. The Labute approximate surface area is 147 Å². The quantitative estimate of drug-likeness (QED) is 0.410. The van der Waals surface area contributed by atoms with Crippen LogP contribution in [0.4, 0.5) is 0 Å².